The number of nitrogens with two attached hydrogens (primary N) is 1. The fraction of sp³-hybridized carbons (Fsp3) is 0.500. The average Bonchev–Trinajstić information content (AvgIpc) is 3.38. The van der Waals surface area contributed by atoms with Crippen molar-refractivity contribution in [3.8, 4) is 17.2 Å². The summed E-state index contributed by atoms with van der Waals surface area (Å²) in [4.78, 5) is 130. The Morgan fingerprint density at radius 1 is 0.740 bits per heavy atom. The maximum Gasteiger partial charge on any atom is 0.329 e. The van der Waals surface area contributed by atoms with Crippen molar-refractivity contribution < 1.29 is 73.4 Å². The number of cyclic esters (lactones) is 1. The molecular formula is C54H72N8O15. The Labute approximate surface area is 446 Å². The molecule has 0 radical (unpaired) electrons. The molecule has 12 N–H and O–H groups in total. The van der Waals surface area contributed by atoms with Crippen molar-refractivity contribution in [3.05, 3.63) is 89.5 Å². The second kappa shape index (κ2) is 27.3. The average molecular weight is 1070 g/mol. The third-order valence-electron chi connectivity index (χ3n) is 13.8. The highest BCUT2D eigenvalue weighted by molar-refractivity contribution is 5.98. The molecule has 0 aliphatic carbocycles. The van der Waals surface area contributed by atoms with Gasteiger partial charge in [0.2, 0.25) is 47.3 Å². The number of rotatable bonds is 17. The summed E-state index contributed by atoms with van der Waals surface area (Å²) in [5.41, 5.74) is 6.75. The largest absolute Gasteiger partial charge is 0.508 e. The number of nitrogens with zero attached hydrogens (tertiary/aromatic N) is 2. The summed E-state index contributed by atoms with van der Waals surface area (Å²) in [5.74, 6) is -9.89. The van der Waals surface area contributed by atoms with Crippen LogP contribution in [0, 0.1) is 11.8 Å². The van der Waals surface area contributed by atoms with Crippen LogP contribution in [0.2, 0.25) is 0 Å². The van der Waals surface area contributed by atoms with Gasteiger partial charge in [-0.1, -0.05) is 70.5 Å². The Morgan fingerprint density at radius 3 is 1.84 bits per heavy atom. The number of hydrogen-bond donors (Lipinski definition) is 11. The molecule has 2 bridgehead atoms. The van der Waals surface area contributed by atoms with Crippen LogP contribution in [0.25, 0.3) is 0 Å². The number of carbonyl (C=O) groups is 9. The van der Waals surface area contributed by atoms with Crippen molar-refractivity contribution in [3.63, 3.8) is 0 Å². The van der Waals surface area contributed by atoms with E-state index in [9.17, 15) is 68.7 Å². The summed E-state index contributed by atoms with van der Waals surface area (Å²) in [6, 6.07) is 6.22. The Bertz CT molecular complexity index is 2580. The van der Waals surface area contributed by atoms with Gasteiger partial charge in [0.1, 0.15) is 78.0 Å². The van der Waals surface area contributed by atoms with Crippen LogP contribution < -0.4 is 32.3 Å². The molecule has 0 saturated carbocycles. The van der Waals surface area contributed by atoms with Crippen LogP contribution in [0.15, 0.2) is 72.8 Å². The van der Waals surface area contributed by atoms with Gasteiger partial charge in [-0.3, -0.25) is 38.4 Å². The van der Waals surface area contributed by atoms with Crippen LogP contribution in [0.3, 0.4) is 0 Å². The molecule has 0 spiro atoms. The van der Waals surface area contributed by atoms with Gasteiger partial charge in [-0.2, -0.15) is 0 Å². The van der Waals surface area contributed by atoms with Crippen molar-refractivity contribution in [1.82, 2.24) is 36.4 Å². The third-order valence-corrected chi connectivity index (χ3v) is 13.8. The first-order chi connectivity index (χ1) is 36.4. The lowest BCUT2D eigenvalue weighted by molar-refractivity contribution is -0.166. The fourth-order valence-electron chi connectivity index (χ4n) is 9.10. The van der Waals surface area contributed by atoms with E-state index in [1.165, 1.54) is 86.8 Å². The number of ether oxygens (including phenoxy) is 1. The number of primary amides is 1. The minimum Gasteiger partial charge on any atom is -0.508 e. The van der Waals surface area contributed by atoms with Crippen LogP contribution in [-0.2, 0) is 67.2 Å². The zero-order chi connectivity index (χ0) is 56.8. The number of esters is 1. The standard InChI is InChI=1S/C54H72N8O15/c1-7-29(4)45-54(76)77-30(5)46(60-47(69)37(20-22-43(55)67)56-50(72)42(66)27-33-12-18-36(65)19-13-33)51(73)58-39(25-31-8-14-34(63)15-9-31)48(70)57-38-21-23-44(68)62(52(38)74)41(24-28(2)3)53(75)61(6)40(49(71)59-45)26-32-10-16-35(64)17-11-32/h8-19,28-30,37-42,44-46,63-66,68H,7,20-27H2,1-6H3,(H2,55,67)(H,56,72)(H,57,70)(H,58,73)(H,59,71)(H,60,69)/t29-,30-,37+,38?,39+,40+,41+,42+,44?,45+,46+/m1/s1. The Hall–Kier alpha value is -7.79. The van der Waals surface area contributed by atoms with Gasteiger partial charge in [0.15, 0.2) is 0 Å². The number of fused-ring (bicyclic) bond motifs is 2. The van der Waals surface area contributed by atoms with Crippen molar-refractivity contribution in [2.75, 3.05) is 7.05 Å². The lowest BCUT2D eigenvalue weighted by Gasteiger charge is -2.43. The van der Waals surface area contributed by atoms with Crippen LogP contribution in [0.1, 0.15) is 89.8 Å². The molecule has 11 atom stereocenters. The van der Waals surface area contributed by atoms with E-state index in [4.69, 9.17) is 10.5 Å². The minimum atomic E-state index is -1.93. The summed E-state index contributed by atoms with van der Waals surface area (Å²) in [7, 11) is 1.34. The molecule has 3 aromatic carbocycles. The topological polar surface area (TPSA) is 357 Å². The van der Waals surface area contributed by atoms with Crippen LogP contribution in [0.4, 0.5) is 0 Å². The first kappa shape index (κ1) is 60.1. The predicted octanol–water partition coefficient (Wildman–Crippen LogP) is 0.0556. The van der Waals surface area contributed by atoms with E-state index >= 15 is 0 Å². The smallest absolute Gasteiger partial charge is 0.329 e. The van der Waals surface area contributed by atoms with Gasteiger partial charge in [-0.05, 0) is 97.5 Å². The lowest BCUT2D eigenvalue weighted by Crippen LogP contribution is -2.65. The zero-order valence-corrected chi connectivity index (χ0v) is 44.0. The van der Waals surface area contributed by atoms with E-state index in [0.717, 1.165) is 9.80 Å². The molecule has 77 heavy (non-hydrogen) atoms. The number of hydrogen-bond acceptors (Lipinski definition) is 15. The van der Waals surface area contributed by atoms with Crippen molar-refractivity contribution in [2.45, 2.75) is 153 Å². The maximum absolute atomic E-state index is 14.9. The molecule has 2 fully saturated rings. The Morgan fingerprint density at radius 2 is 1.30 bits per heavy atom. The van der Waals surface area contributed by atoms with E-state index in [-0.39, 0.29) is 68.1 Å². The van der Waals surface area contributed by atoms with E-state index in [0.29, 0.717) is 16.7 Å². The third kappa shape index (κ3) is 16.6. The maximum atomic E-state index is 14.9. The molecule has 5 rings (SSSR count). The number of aliphatic hydroxyl groups is 2. The zero-order valence-electron chi connectivity index (χ0n) is 44.0. The molecule has 2 heterocycles. The number of carbonyl (C=O) groups excluding carboxylic acids is 9. The van der Waals surface area contributed by atoms with E-state index in [1.807, 2.05) is 0 Å². The van der Waals surface area contributed by atoms with E-state index < -0.39 is 133 Å². The van der Waals surface area contributed by atoms with Gasteiger partial charge >= 0.3 is 5.97 Å². The molecular weight excluding hydrogens is 1000 g/mol. The second-order valence-corrected chi connectivity index (χ2v) is 20.2. The molecule has 23 heteroatoms. The van der Waals surface area contributed by atoms with Crippen LogP contribution >= 0.6 is 0 Å². The van der Waals surface area contributed by atoms with E-state index in [2.05, 4.69) is 26.6 Å². The SMILES string of the molecule is CC[C@@H](C)[C@@H]1NC(=O)[C@H](Cc2ccc(O)cc2)N(C)C(=O)[C@H](CC(C)C)N2C(=O)C(CCC2O)NC(=O)[C@H](Cc2ccc(O)cc2)NC(=O)[C@@H](NC(=O)[C@H](CCC(N)=O)NC(=O)[C@@H](O)Cc2ccc(O)cc2)[C@@H](C)OC1=O. The van der Waals surface area contributed by atoms with Crippen molar-refractivity contribution >= 4 is 53.2 Å². The lowest BCUT2D eigenvalue weighted by atomic mass is 9.94. The summed E-state index contributed by atoms with van der Waals surface area (Å²) in [5, 5.41) is 65.1. The fourth-order valence-corrected chi connectivity index (χ4v) is 9.10. The normalized spacial score (nSPS) is 24.2. The van der Waals surface area contributed by atoms with Gasteiger partial charge in [-0.25, -0.2) is 4.79 Å². The summed E-state index contributed by atoms with van der Waals surface area (Å²) < 4.78 is 5.94. The first-order valence-corrected chi connectivity index (χ1v) is 25.7. The van der Waals surface area contributed by atoms with Gasteiger partial charge in [0.25, 0.3) is 0 Å². The Kier molecular flexibility index (Phi) is 21.3. The quantitative estimate of drug-likeness (QED) is 0.0797. The highest BCUT2D eigenvalue weighted by Crippen LogP contribution is 2.27. The second-order valence-electron chi connectivity index (χ2n) is 20.2. The molecule has 2 aliphatic heterocycles. The number of piperidine rings is 1. The summed E-state index contributed by atoms with van der Waals surface area (Å²) in [6.07, 6.45) is -6.54. The number of aliphatic hydroxyl groups excluding tert-OH is 2. The molecule has 2 unspecified atom stereocenters. The van der Waals surface area contributed by atoms with Gasteiger partial charge in [-0.15, -0.1) is 0 Å². The van der Waals surface area contributed by atoms with Crippen molar-refractivity contribution in [1.29, 1.82) is 0 Å². The molecule has 2 aliphatic rings. The van der Waals surface area contributed by atoms with Gasteiger partial charge < -0.3 is 72.4 Å². The highest BCUT2D eigenvalue weighted by Gasteiger charge is 2.46. The Balaban J connectivity index is 1.62. The molecule has 8 amide bonds. The number of nitrogens with one attached hydrogen (secondary N) is 5. The molecule has 3 aromatic rings. The number of phenolic OH excluding ortho intramolecular Hbond substituents is 3. The van der Waals surface area contributed by atoms with Crippen LogP contribution in [-0.4, -0.2) is 156 Å². The summed E-state index contributed by atoms with van der Waals surface area (Å²) in [6.45, 7) is 8.19. The summed E-state index contributed by atoms with van der Waals surface area (Å²) >= 11 is 0. The number of amides is 8. The highest BCUT2D eigenvalue weighted by atomic mass is 16.5. The molecule has 23 nitrogen and oxygen atoms in total. The number of aromatic hydroxyl groups is 3. The number of benzene rings is 3. The first-order valence-electron chi connectivity index (χ1n) is 25.7. The van der Waals surface area contributed by atoms with Crippen LogP contribution in [0.5, 0.6) is 17.2 Å². The molecule has 2 saturated heterocycles. The number of phenols is 3. The molecule has 418 valence electrons. The predicted molar refractivity (Wildman–Crippen MR) is 276 cm³/mol. The van der Waals surface area contributed by atoms with Gasteiger partial charge in [0.05, 0.1) is 0 Å². The molecule has 0 aromatic heterocycles. The number of likely N-dealkylation sites (N-methyl/N-ethyl adjacent to an activating group) is 1. The van der Waals surface area contributed by atoms with Crippen molar-refractivity contribution in [2.24, 2.45) is 17.6 Å². The van der Waals surface area contributed by atoms with E-state index in [1.54, 1.807) is 27.7 Å². The monoisotopic (exact) mass is 1070 g/mol. The van der Waals surface area contributed by atoms with Gasteiger partial charge in [0, 0.05) is 32.7 Å². The minimum absolute atomic E-state index is 0.00000440.